The van der Waals surface area contributed by atoms with E-state index in [1.165, 1.54) is 70.6 Å². The van der Waals surface area contributed by atoms with Gasteiger partial charge in [-0.05, 0) is 104 Å². The summed E-state index contributed by atoms with van der Waals surface area (Å²) in [6.45, 7) is 12.7. The zero-order chi connectivity index (χ0) is 22.2. The van der Waals surface area contributed by atoms with Crippen LogP contribution < -0.4 is 0 Å². The van der Waals surface area contributed by atoms with Crippen LogP contribution in [0.2, 0.25) is 0 Å². The van der Waals surface area contributed by atoms with Crippen LogP contribution in [-0.2, 0) is 4.74 Å². The van der Waals surface area contributed by atoms with Gasteiger partial charge in [0.1, 0.15) is 0 Å². The molecule has 0 radical (unpaired) electrons. The third-order valence-electron chi connectivity index (χ3n) is 10.7. The van der Waals surface area contributed by atoms with Crippen molar-refractivity contribution in [2.45, 2.75) is 111 Å². The van der Waals surface area contributed by atoms with Crippen LogP contribution >= 0.6 is 11.8 Å². The summed E-state index contributed by atoms with van der Waals surface area (Å²) < 4.78 is 6.16. The smallest absolute Gasteiger partial charge is 0.0922 e. The Morgan fingerprint density at radius 2 is 1.84 bits per heavy atom. The Bertz CT molecular complexity index is 641. The zero-order valence-corrected chi connectivity index (χ0v) is 22.2. The van der Waals surface area contributed by atoms with E-state index in [1.54, 1.807) is 5.57 Å². The van der Waals surface area contributed by atoms with Crippen LogP contribution in [0.25, 0.3) is 0 Å². The summed E-state index contributed by atoms with van der Waals surface area (Å²) in [7, 11) is 0. The first-order chi connectivity index (χ1) is 14.8. The summed E-state index contributed by atoms with van der Waals surface area (Å²) in [5, 5.41) is 0. The molecule has 4 rings (SSSR count). The van der Waals surface area contributed by atoms with Crippen LogP contribution in [0.4, 0.5) is 0 Å². The third kappa shape index (κ3) is 4.55. The van der Waals surface area contributed by atoms with Crippen LogP contribution in [0.15, 0.2) is 11.6 Å². The molecule has 31 heavy (non-hydrogen) atoms. The molecule has 0 unspecified atom stereocenters. The molecule has 3 saturated carbocycles. The monoisotopic (exact) mass is 446 g/mol. The van der Waals surface area contributed by atoms with Gasteiger partial charge in [-0.25, -0.2) is 0 Å². The lowest BCUT2D eigenvalue weighted by Crippen LogP contribution is -2.51. The molecule has 1 nitrogen and oxygen atoms in total. The number of hydrogen-bond acceptors (Lipinski definition) is 2. The molecule has 0 aromatic rings. The van der Waals surface area contributed by atoms with Crippen molar-refractivity contribution in [3.8, 4) is 0 Å². The summed E-state index contributed by atoms with van der Waals surface area (Å²) in [5.74, 6) is 6.46. The Labute approximate surface area is 197 Å². The number of allylic oxidation sites excluding steroid dienone is 1. The van der Waals surface area contributed by atoms with Gasteiger partial charge in [0.2, 0.25) is 0 Å². The summed E-state index contributed by atoms with van der Waals surface area (Å²) in [6, 6.07) is 0. The Kier molecular flexibility index (Phi) is 7.59. The summed E-state index contributed by atoms with van der Waals surface area (Å²) in [5.41, 5.74) is 2.84. The highest BCUT2D eigenvalue weighted by atomic mass is 32.2. The minimum absolute atomic E-state index is 0.463. The van der Waals surface area contributed by atoms with Gasteiger partial charge in [-0.2, -0.15) is 0 Å². The first kappa shape index (κ1) is 24.2. The van der Waals surface area contributed by atoms with Gasteiger partial charge >= 0.3 is 0 Å². The summed E-state index contributed by atoms with van der Waals surface area (Å²) in [6.07, 6.45) is 20.8. The Morgan fingerprint density at radius 3 is 2.58 bits per heavy atom. The van der Waals surface area contributed by atoms with Gasteiger partial charge in [0.25, 0.3) is 0 Å². The molecule has 0 spiro atoms. The van der Waals surface area contributed by atoms with E-state index < -0.39 is 0 Å². The predicted octanol–water partition coefficient (Wildman–Crippen LogP) is 8.73. The largest absolute Gasteiger partial charge is 0.367 e. The number of fused-ring (bicyclic) bond motifs is 5. The number of ether oxygens (including phenoxy) is 1. The van der Waals surface area contributed by atoms with Crippen LogP contribution in [0.5, 0.6) is 0 Å². The van der Waals surface area contributed by atoms with E-state index in [4.69, 9.17) is 4.74 Å². The fraction of sp³-hybridized carbons (Fsp3) is 0.931. The average molecular weight is 447 g/mol. The SMILES string of the molecule is CSCO[C@H]1CC[C@@]2(C)C(=CC[C@@H]3[C@H]2CC[C@]2(C)[C@@H]([C@H](C)CCCC(C)C)CC[C@@H]32)C1. The molecule has 2 heteroatoms. The van der Waals surface area contributed by atoms with E-state index in [0.717, 1.165) is 41.4 Å². The topological polar surface area (TPSA) is 9.23 Å². The summed E-state index contributed by atoms with van der Waals surface area (Å²) >= 11 is 1.82. The van der Waals surface area contributed by atoms with E-state index in [0.29, 0.717) is 16.9 Å². The first-order valence-corrected chi connectivity index (χ1v) is 15.0. The highest BCUT2D eigenvalue weighted by Crippen LogP contribution is 2.67. The van der Waals surface area contributed by atoms with Gasteiger partial charge in [-0.3, -0.25) is 0 Å². The molecule has 178 valence electrons. The van der Waals surface area contributed by atoms with E-state index in [1.807, 2.05) is 11.8 Å². The summed E-state index contributed by atoms with van der Waals surface area (Å²) in [4.78, 5) is 0. The van der Waals surface area contributed by atoms with Crippen LogP contribution in [0.1, 0.15) is 105 Å². The molecule has 8 atom stereocenters. The number of thioether (sulfide) groups is 1. The lowest BCUT2D eigenvalue weighted by atomic mass is 9.47. The van der Waals surface area contributed by atoms with Crippen molar-refractivity contribution in [2.24, 2.45) is 46.3 Å². The molecule has 0 aromatic carbocycles. The van der Waals surface area contributed by atoms with Gasteiger partial charge in [-0.1, -0.05) is 65.5 Å². The normalized spacial score (nSPS) is 43.2. The van der Waals surface area contributed by atoms with Crippen molar-refractivity contribution in [1.29, 1.82) is 0 Å². The van der Waals surface area contributed by atoms with Gasteiger partial charge in [0.15, 0.2) is 0 Å². The molecule has 0 amide bonds. The molecule has 0 aliphatic heterocycles. The standard InChI is InChI=1S/C29H50OS/c1-20(2)8-7-9-21(3)25-12-13-26-24-11-10-22-18-23(30-19-31-6)14-16-28(22,4)27(24)15-17-29(25,26)5/h10,20-21,23-27H,7-9,11-19H2,1-6H3/t21-,23+,24+,25-,26+,27-,28+,29-/m1/s1. The number of rotatable bonds is 8. The highest BCUT2D eigenvalue weighted by molar-refractivity contribution is 7.98. The van der Waals surface area contributed by atoms with Crippen molar-refractivity contribution in [3.63, 3.8) is 0 Å². The second-order valence-electron chi connectivity index (χ2n) is 12.7. The second-order valence-corrected chi connectivity index (χ2v) is 13.5. The molecule has 0 bridgehead atoms. The fourth-order valence-corrected chi connectivity index (χ4v) is 9.29. The third-order valence-corrected chi connectivity index (χ3v) is 11.1. The lowest BCUT2D eigenvalue weighted by Gasteiger charge is -2.58. The van der Waals surface area contributed by atoms with Crippen molar-refractivity contribution < 1.29 is 4.74 Å². The van der Waals surface area contributed by atoms with Gasteiger partial charge in [0, 0.05) is 0 Å². The van der Waals surface area contributed by atoms with Gasteiger partial charge in [-0.15, -0.1) is 11.8 Å². The Morgan fingerprint density at radius 1 is 1.03 bits per heavy atom. The molecular weight excluding hydrogens is 396 g/mol. The molecule has 0 aromatic heterocycles. The van der Waals surface area contributed by atoms with Gasteiger partial charge in [0.05, 0.1) is 12.0 Å². The molecular formula is C29H50OS. The second kappa shape index (κ2) is 9.73. The fourth-order valence-electron chi connectivity index (χ4n) is 8.96. The molecule has 3 fully saturated rings. The molecule has 0 N–H and O–H groups in total. The lowest BCUT2D eigenvalue weighted by molar-refractivity contribution is -0.0609. The highest BCUT2D eigenvalue weighted by Gasteiger charge is 2.59. The molecule has 0 saturated heterocycles. The van der Waals surface area contributed by atoms with E-state index >= 15 is 0 Å². The first-order valence-electron chi connectivity index (χ1n) is 13.6. The minimum Gasteiger partial charge on any atom is -0.367 e. The maximum atomic E-state index is 6.16. The van der Waals surface area contributed by atoms with E-state index in [2.05, 4.69) is 47.0 Å². The number of hydrogen-bond donors (Lipinski definition) is 0. The maximum Gasteiger partial charge on any atom is 0.0922 e. The van der Waals surface area contributed by atoms with Crippen LogP contribution in [-0.4, -0.2) is 18.3 Å². The van der Waals surface area contributed by atoms with Crippen LogP contribution in [0, 0.1) is 46.3 Å². The van der Waals surface area contributed by atoms with Crippen molar-refractivity contribution >= 4 is 11.8 Å². The maximum absolute atomic E-state index is 6.16. The van der Waals surface area contributed by atoms with Crippen molar-refractivity contribution in [3.05, 3.63) is 11.6 Å². The minimum atomic E-state index is 0.463. The van der Waals surface area contributed by atoms with Crippen LogP contribution in [0.3, 0.4) is 0 Å². The Balaban J connectivity index is 1.45. The molecule has 0 heterocycles. The predicted molar refractivity (Wildman–Crippen MR) is 136 cm³/mol. The van der Waals surface area contributed by atoms with Gasteiger partial charge < -0.3 is 4.74 Å². The van der Waals surface area contributed by atoms with E-state index in [-0.39, 0.29) is 0 Å². The Hall–Kier alpha value is 0.0500. The van der Waals surface area contributed by atoms with Crippen molar-refractivity contribution in [2.75, 3.05) is 12.2 Å². The van der Waals surface area contributed by atoms with E-state index in [9.17, 15) is 0 Å². The van der Waals surface area contributed by atoms with Crippen molar-refractivity contribution in [1.82, 2.24) is 0 Å². The zero-order valence-electron chi connectivity index (χ0n) is 21.4. The molecule has 4 aliphatic carbocycles. The average Bonchev–Trinajstić information content (AvgIpc) is 3.09. The quantitative estimate of drug-likeness (QED) is 0.272. The molecule has 4 aliphatic rings.